The molecular weight excluding hydrogens is 286 g/mol. The molecule has 0 bridgehead atoms. The van der Waals surface area contributed by atoms with Crippen molar-refractivity contribution in [3.63, 3.8) is 0 Å². The maximum atomic E-state index is 12.2. The quantitative estimate of drug-likeness (QED) is 0.784. The number of carboxylic acid groups (broad SMARTS) is 1. The number of rotatable bonds is 6. The van der Waals surface area contributed by atoms with Gasteiger partial charge in [-0.05, 0) is 17.7 Å². The van der Waals surface area contributed by atoms with Crippen molar-refractivity contribution < 1.29 is 19.7 Å². The molecule has 2 rings (SSSR count). The number of carbonyl (C=O) groups is 1. The van der Waals surface area contributed by atoms with Gasteiger partial charge in [-0.15, -0.1) is 0 Å². The zero-order chi connectivity index (χ0) is 16.1. The van der Waals surface area contributed by atoms with Crippen molar-refractivity contribution in [1.29, 1.82) is 0 Å². The number of aryl methyl sites for hydroxylation is 1. The van der Waals surface area contributed by atoms with E-state index in [2.05, 4.69) is 0 Å². The molecule has 1 heterocycles. The molecule has 0 spiro atoms. The fourth-order valence-electron chi connectivity index (χ4n) is 2.17. The lowest BCUT2D eigenvalue weighted by Crippen LogP contribution is -2.17. The Labute approximate surface area is 126 Å². The highest BCUT2D eigenvalue weighted by Gasteiger charge is 2.13. The summed E-state index contributed by atoms with van der Waals surface area (Å²) in [7, 11) is 1.70. The smallest absolute Gasteiger partial charge is 0.341 e. The van der Waals surface area contributed by atoms with Gasteiger partial charge in [0.05, 0.1) is 25.3 Å². The minimum Gasteiger partial charge on any atom is -0.477 e. The molecule has 2 aromatic rings. The molecule has 116 valence electrons. The van der Waals surface area contributed by atoms with Crippen molar-refractivity contribution in [3.05, 3.63) is 51.8 Å². The van der Waals surface area contributed by atoms with Crippen LogP contribution >= 0.6 is 0 Å². The average molecular weight is 303 g/mol. The lowest BCUT2D eigenvalue weighted by molar-refractivity contribution is 0.0695. The largest absolute Gasteiger partial charge is 0.477 e. The van der Waals surface area contributed by atoms with E-state index >= 15 is 0 Å². The fraction of sp³-hybridized carbons (Fsp3) is 0.250. The van der Waals surface area contributed by atoms with Crippen LogP contribution in [0.4, 0.5) is 0 Å². The molecule has 0 saturated carbocycles. The van der Waals surface area contributed by atoms with E-state index in [4.69, 9.17) is 14.9 Å². The molecule has 0 amide bonds. The van der Waals surface area contributed by atoms with E-state index in [-0.39, 0.29) is 18.8 Å². The van der Waals surface area contributed by atoms with Crippen LogP contribution in [0.5, 0.6) is 0 Å². The summed E-state index contributed by atoms with van der Waals surface area (Å²) in [6.45, 7) is 0.591. The Hall–Kier alpha value is -2.44. The van der Waals surface area contributed by atoms with Crippen molar-refractivity contribution >= 4 is 22.9 Å². The Morgan fingerprint density at radius 3 is 2.86 bits per heavy atom. The summed E-state index contributed by atoms with van der Waals surface area (Å²) in [5, 5.41) is 18.0. The minimum absolute atomic E-state index is 0.0299. The van der Waals surface area contributed by atoms with Gasteiger partial charge in [-0.2, -0.15) is 0 Å². The topological polar surface area (TPSA) is 88.8 Å². The lowest BCUT2D eigenvalue weighted by Gasteiger charge is -2.07. The van der Waals surface area contributed by atoms with Gasteiger partial charge in [0.15, 0.2) is 0 Å². The van der Waals surface area contributed by atoms with Crippen molar-refractivity contribution in [1.82, 2.24) is 4.57 Å². The molecule has 0 saturated heterocycles. The van der Waals surface area contributed by atoms with Crippen LogP contribution < -0.4 is 5.43 Å². The predicted molar refractivity (Wildman–Crippen MR) is 83.1 cm³/mol. The monoisotopic (exact) mass is 303 g/mol. The third-order valence-electron chi connectivity index (χ3n) is 3.20. The van der Waals surface area contributed by atoms with Gasteiger partial charge in [0, 0.05) is 18.6 Å². The Bertz CT molecular complexity index is 776. The van der Waals surface area contributed by atoms with E-state index in [0.29, 0.717) is 17.5 Å². The number of benzene rings is 1. The summed E-state index contributed by atoms with van der Waals surface area (Å²) in [5.74, 6) is -1.24. The fourth-order valence-corrected chi connectivity index (χ4v) is 2.17. The van der Waals surface area contributed by atoms with Crippen molar-refractivity contribution in [2.24, 2.45) is 7.05 Å². The van der Waals surface area contributed by atoms with Gasteiger partial charge in [-0.25, -0.2) is 4.79 Å². The summed E-state index contributed by atoms with van der Waals surface area (Å²) >= 11 is 0. The van der Waals surface area contributed by atoms with Crippen LogP contribution in [-0.4, -0.2) is 40.6 Å². The molecule has 0 unspecified atom stereocenters. The minimum atomic E-state index is -1.24. The Balaban J connectivity index is 2.39. The number of aliphatic hydroxyl groups excluding tert-OH is 1. The molecule has 0 radical (unpaired) electrons. The molecule has 0 atom stereocenters. The molecule has 0 aliphatic carbocycles. The van der Waals surface area contributed by atoms with Crippen LogP contribution in [0.2, 0.25) is 0 Å². The van der Waals surface area contributed by atoms with Crippen LogP contribution in [0.25, 0.3) is 17.0 Å². The van der Waals surface area contributed by atoms with Crippen molar-refractivity contribution in [3.8, 4) is 0 Å². The molecule has 0 aliphatic heterocycles. The van der Waals surface area contributed by atoms with E-state index in [0.717, 1.165) is 5.56 Å². The van der Waals surface area contributed by atoms with Gasteiger partial charge in [0.25, 0.3) is 0 Å². The van der Waals surface area contributed by atoms with Crippen molar-refractivity contribution in [2.75, 3.05) is 19.8 Å². The second kappa shape index (κ2) is 7.02. The summed E-state index contributed by atoms with van der Waals surface area (Å²) in [6, 6.07) is 5.27. The predicted octanol–water partition coefficient (Wildman–Crippen LogP) is 1.26. The molecule has 0 fully saturated rings. The van der Waals surface area contributed by atoms with E-state index in [1.165, 1.54) is 6.20 Å². The Morgan fingerprint density at radius 2 is 2.18 bits per heavy atom. The van der Waals surface area contributed by atoms with Gasteiger partial charge in [-0.3, -0.25) is 4.79 Å². The molecule has 6 nitrogen and oxygen atoms in total. The van der Waals surface area contributed by atoms with Crippen molar-refractivity contribution in [2.45, 2.75) is 0 Å². The number of pyridine rings is 1. The number of aromatic nitrogens is 1. The number of hydrogen-bond acceptors (Lipinski definition) is 4. The Kier molecular flexibility index (Phi) is 5.08. The summed E-state index contributed by atoms with van der Waals surface area (Å²) < 4.78 is 6.73. The summed E-state index contributed by atoms with van der Waals surface area (Å²) in [5.41, 5.74) is 0.707. The van der Waals surface area contributed by atoms with Crippen LogP contribution in [0.15, 0.2) is 35.3 Å². The first-order chi connectivity index (χ1) is 10.5. The van der Waals surface area contributed by atoms with E-state index in [1.54, 1.807) is 35.9 Å². The molecule has 6 heteroatoms. The third kappa shape index (κ3) is 3.41. The first kappa shape index (κ1) is 15.9. The number of aliphatic hydroxyl groups is 1. The van der Waals surface area contributed by atoms with Crippen LogP contribution in [0.3, 0.4) is 0 Å². The maximum Gasteiger partial charge on any atom is 0.341 e. The SMILES string of the molecule is Cn1cc(C(=O)O)c(=O)c2cc(/C=C/COCCO)ccc21. The number of aromatic carboxylic acids is 1. The van der Waals surface area contributed by atoms with E-state index < -0.39 is 11.4 Å². The second-order valence-corrected chi connectivity index (χ2v) is 4.77. The highest BCUT2D eigenvalue weighted by molar-refractivity contribution is 5.93. The van der Waals surface area contributed by atoms with E-state index in [9.17, 15) is 9.59 Å². The van der Waals surface area contributed by atoms with Crippen LogP contribution in [0, 0.1) is 0 Å². The molecular formula is C16H17NO5. The summed E-state index contributed by atoms with van der Waals surface area (Å²) in [6.07, 6.45) is 4.87. The van der Waals surface area contributed by atoms with Gasteiger partial charge in [-0.1, -0.05) is 18.2 Å². The second-order valence-electron chi connectivity index (χ2n) is 4.77. The number of ether oxygens (including phenoxy) is 1. The molecule has 2 N–H and O–H groups in total. The molecule has 22 heavy (non-hydrogen) atoms. The highest BCUT2D eigenvalue weighted by atomic mass is 16.5. The van der Waals surface area contributed by atoms with Gasteiger partial charge in [0.2, 0.25) is 5.43 Å². The zero-order valence-electron chi connectivity index (χ0n) is 12.2. The number of hydrogen-bond donors (Lipinski definition) is 2. The van der Waals surface area contributed by atoms with Crippen LogP contribution in [0.1, 0.15) is 15.9 Å². The normalized spacial score (nSPS) is 11.4. The number of fused-ring (bicyclic) bond motifs is 1. The third-order valence-corrected chi connectivity index (χ3v) is 3.20. The number of nitrogens with zero attached hydrogens (tertiary/aromatic N) is 1. The first-order valence-electron chi connectivity index (χ1n) is 6.76. The maximum absolute atomic E-state index is 12.2. The standard InChI is InChI=1S/C16H17NO5/c1-17-10-13(16(20)21)15(19)12-9-11(4-5-14(12)17)3-2-7-22-8-6-18/h2-5,9-10,18H,6-8H2,1H3,(H,20,21)/b3-2+. The van der Waals surface area contributed by atoms with Crippen LogP contribution in [-0.2, 0) is 11.8 Å². The first-order valence-corrected chi connectivity index (χ1v) is 6.76. The highest BCUT2D eigenvalue weighted by Crippen LogP contribution is 2.14. The zero-order valence-corrected chi connectivity index (χ0v) is 12.2. The van der Waals surface area contributed by atoms with Gasteiger partial charge >= 0.3 is 5.97 Å². The van der Waals surface area contributed by atoms with Gasteiger partial charge in [0.1, 0.15) is 5.56 Å². The molecule has 1 aromatic heterocycles. The van der Waals surface area contributed by atoms with Gasteiger partial charge < -0.3 is 19.5 Å². The van der Waals surface area contributed by atoms with E-state index in [1.807, 2.05) is 6.07 Å². The molecule has 1 aromatic carbocycles. The lowest BCUT2D eigenvalue weighted by atomic mass is 10.1. The summed E-state index contributed by atoms with van der Waals surface area (Å²) in [4.78, 5) is 23.3. The average Bonchev–Trinajstić information content (AvgIpc) is 2.50. The number of carboxylic acids is 1. The Morgan fingerprint density at radius 1 is 1.41 bits per heavy atom. The molecule has 0 aliphatic rings.